The Balaban J connectivity index is 1.93. The number of hydrogen-bond acceptors (Lipinski definition) is 8. The smallest absolute Gasteiger partial charge is 0.347 e. The van der Waals surface area contributed by atoms with E-state index in [0.29, 0.717) is 21.9 Å². The third-order valence-electron chi connectivity index (χ3n) is 7.74. The second kappa shape index (κ2) is 18.0. The summed E-state index contributed by atoms with van der Waals surface area (Å²) in [7, 11) is 1.49. The van der Waals surface area contributed by atoms with Crippen molar-refractivity contribution in [2.24, 2.45) is 17.8 Å². The Morgan fingerprint density at radius 2 is 1.74 bits per heavy atom. The maximum Gasteiger partial charge on any atom is 0.347 e. The highest BCUT2D eigenvalue weighted by molar-refractivity contribution is 9.10. The molecular weight excluding hydrogens is 692 g/mol. The van der Waals surface area contributed by atoms with Crippen molar-refractivity contribution in [3.05, 3.63) is 76.8 Å². The summed E-state index contributed by atoms with van der Waals surface area (Å²) >= 11 is 9.79. The van der Waals surface area contributed by atoms with Crippen molar-refractivity contribution in [3.63, 3.8) is 0 Å². The molecular formula is C35H42BrClN2O8. The highest BCUT2D eigenvalue weighted by Gasteiger charge is 2.35. The minimum Gasteiger partial charge on any atom is -0.495 e. The van der Waals surface area contributed by atoms with Crippen LogP contribution in [0.1, 0.15) is 56.5 Å². The highest BCUT2D eigenvalue weighted by atomic mass is 79.9. The van der Waals surface area contributed by atoms with Gasteiger partial charge in [0, 0.05) is 30.9 Å². The minimum atomic E-state index is -1.21. The standard InChI is InChI=1S/C35H42BrClN2O8/c1-20(2)16-29-35(44)46-27(22(4)31(36)32(41)24-10-7-6-8-11-24)12-9-13-30(40)39-26(33(42)38-19-21(3)34(43)47-29)18-23-14-15-28(45-5)25(37)17-23/h6-11,13-15,17,20-22,26-27,29,31H,12,16,18-19H2,1-5H3,(H,38,42)(H,39,40)/t21-,22+,26-,27+,29+,31-/m1/s1. The molecule has 0 saturated heterocycles. The van der Waals surface area contributed by atoms with E-state index in [9.17, 15) is 24.0 Å². The van der Waals surface area contributed by atoms with Crippen LogP contribution in [0.4, 0.5) is 0 Å². The van der Waals surface area contributed by atoms with Crippen LogP contribution >= 0.6 is 27.5 Å². The molecule has 6 atom stereocenters. The van der Waals surface area contributed by atoms with Gasteiger partial charge in [0.05, 0.1) is 22.9 Å². The zero-order valence-electron chi connectivity index (χ0n) is 27.2. The van der Waals surface area contributed by atoms with Crippen molar-refractivity contribution < 1.29 is 38.2 Å². The van der Waals surface area contributed by atoms with E-state index in [-0.39, 0.29) is 37.5 Å². The first-order chi connectivity index (χ1) is 22.3. The summed E-state index contributed by atoms with van der Waals surface area (Å²) in [6, 6.07) is 12.8. The van der Waals surface area contributed by atoms with Crippen LogP contribution in [-0.2, 0) is 35.1 Å². The molecule has 1 aliphatic rings. The number of rotatable bonds is 9. The average molecular weight is 734 g/mol. The van der Waals surface area contributed by atoms with Crippen LogP contribution in [-0.4, -0.2) is 66.3 Å². The molecule has 0 radical (unpaired) electrons. The van der Waals surface area contributed by atoms with Crippen LogP contribution in [0.15, 0.2) is 60.7 Å². The molecule has 0 fully saturated rings. The number of methoxy groups -OCH3 is 1. The van der Waals surface area contributed by atoms with Crippen LogP contribution in [0.5, 0.6) is 5.75 Å². The van der Waals surface area contributed by atoms with E-state index in [0.717, 1.165) is 0 Å². The number of esters is 2. The second-order valence-electron chi connectivity index (χ2n) is 12.0. The number of hydrogen-bond donors (Lipinski definition) is 2. The number of amides is 2. The Bertz CT molecular complexity index is 1450. The molecule has 0 aromatic heterocycles. The summed E-state index contributed by atoms with van der Waals surface area (Å²) in [4.78, 5) is 65.5. The van der Waals surface area contributed by atoms with Gasteiger partial charge in [-0.3, -0.25) is 19.2 Å². The fourth-order valence-electron chi connectivity index (χ4n) is 4.93. The first-order valence-corrected chi connectivity index (χ1v) is 16.8. The third kappa shape index (κ3) is 11.2. The third-order valence-corrected chi connectivity index (χ3v) is 9.29. The second-order valence-corrected chi connectivity index (χ2v) is 13.4. The molecule has 0 spiro atoms. The minimum absolute atomic E-state index is 0.0174. The van der Waals surface area contributed by atoms with Crippen molar-refractivity contribution in [2.75, 3.05) is 13.7 Å². The summed E-state index contributed by atoms with van der Waals surface area (Å²) in [5, 5.41) is 5.77. The van der Waals surface area contributed by atoms with Crippen LogP contribution < -0.4 is 15.4 Å². The molecule has 254 valence electrons. The van der Waals surface area contributed by atoms with Gasteiger partial charge in [-0.1, -0.05) is 97.7 Å². The molecule has 10 nitrogen and oxygen atoms in total. The number of alkyl halides is 1. The average Bonchev–Trinajstić information content (AvgIpc) is 3.04. The Labute approximate surface area is 289 Å². The number of cyclic esters (lactones) is 2. The lowest BCUT2D eigenvalue weighted by Crippen LogP contribution is -2.49. The lowest BCUT2D eigenvalue weighted by Gasteiger charge is -2.29. The Morgan fingerprint density at radius 1 is 1.04 bits per heavy atom. The highest BCUT2D eigenvalue weighted by Crippen LogP contribution is 2.27. The molecule has 2 aromatic rings. The number of halogens is 2. The fourth-order valence-corrected chi connectivity index (χ4v) is 5.82. The van der Waals surface area contributed by atoms with E-state index in [2.05, 4.69) is 26.6 Å². The number of ether oxygens (including phenoxy) is 3. The molecule has 3 rings (SSSR count). The SMILES string of the molecule is COc1ccc(C[C@H]2NC(=O)C=CC[C@@H]([C@H](C)[C@@H](Br)C(=O)c3ccccc3)OC(=O)[C@H](CC(C)C)OC(=O)[C@H](C)CNC2=O)cc1Cl. The van der Waals surface area contributed by atoms with Gasteiger partial charge in [0.15, 0.2) is 11.9 Å². The molecule has 0 saturated carbocycles. The van der Waals surface area contributed by atoms with E-state index >= 15 is 0 Å². The van der Waals surface area contributed by atoms with Gasteiger partial charge in [-0.15, -0.1) is 0 Å². The molecule has 12 heteroatoms. The van der Waals surface area contributed by atoms with Gasteiger partial charge in [0.1, 0.15) is 17.9 Å². The molecule has 0 unspecified atom stereocenters. The van der Waals surface area contributed by atoms with Crippen LogP contribution in [0.3, 0.4) is 0 Å². The van der Waals surface area contributed by atoms with Gasteiger partial charge in [0.2, 0.25) is 11.8 Å². The normalized spacial score (nSPS) is 22.8. The van der Waals surface area contributed by atoms with Crippen LogP contribution in [0, 0.1) is 17.8 Å². The monoisotopic (exact) mass is 732 g/mol. The molecule has 2 aromatic carbocycles. The molecule has 1 heterocycles. The van der Waals surface area contributed by atoms with E-state index in [1.165, 1.54) is 19.3 Å². The van der Waals surface area contributed by atoms with Crippen molar-refractivity contribution in [2.45, 2.75) is 70.0 Å². The van der Waals surface area contributed by atoms with Gasteiger partial charge in [0.25, 0.3) is 0 Å². The number of benzene rings is 2. The van der Waals surface area contributed by atoms with E-state index in [1.54, 1.807) is 62.4 Å². The number of Topliss-reactive ketones (excluding diaryl/α,β-unsaturated/α-hetero) is 1. The van der Waals surface area contributed by atoms with Crippen LogP contribution in [0.2, 0.25) is 5.02 Å². The van der Waals surface area contributed by atoms with Crippen molar-refractivity contribution in [1.82, 2.24) is 10.6 Å². The Kier molecular flexibility index (Phi) is 14.5. The molecule has 0 bridgehead atoms. The van der Waals surface area contributed by atoms with Crippen LogP contribution in [0.25, 0.3) is 0 Å². The molecule has 47 heavy (non-hydrogen) atoms. The quantitative estimate of drug-likeness (QED) is 0.203. The first-order valence-electron chi connectivity index (χ1n) is 15.5. The number of carbonyl (C=O) groups is 5. The number of carbonyl (C=O) groups excluding carboxylic acids is 5. The van der Waals surface area contributed by atoms with Gasteiger partial charge < -0.3 is 24.8 Å². The van der Waals surface area contributed by atoms with Gasteiger partial charge in [-0.05, 0) is 36.1 Å². The molecule has 1 aliphatic heterocycles. The summed E-state index contributed by atoms with van der Waals surface area (Å²) in [6.45, 7) is 7.00. The van der Waals surface area contributed by atoms with Crippen molar-refractivity contribution in [3.8, 4) is 5.75 Å². The number of ketones is 1. The van der Waals surface area contributed by atoms with Crippen molar-refractivity contribution in [1.29, 1.82) is 0 Å². The Hall–Kier alpha value is -3.70. The molecule has 2 amide bonds. The van der Waals surface area contributed by atoms with E-state index < -0.39 is 58.7 Å². The largest absolute Gasteiger partial charge is 0.495 e. The van der Waals surface area contributed by atoms with Crippen molar-refractivity contribution >= 4 is 57.1 Å². The van der Waals surface area contributed by atoms with Gasteiger partial charge >= 0.3 is 11.9 Å². The summed E-state index contributed by atoms with van der Waals surface area (Å²) in [6.07, 6.45) is 1.08. The van der Waals surface area contributed by atoms with E-state index in [4.69, 9.17) is 25.8 Å². The van der Waals surface area contributed by atoms with Gasteiger partial charge in [-0.2, -0.15) is 0 Å². The first kappa shape index (κ1) is 37.8. The lowest BCUT2D eigenvalue weighted by molar-refractivity contribution is -0.176. The van der Waals surface area contributed by atoms with Gasteiger partial charge in [-0.25, -0.2) is 4.79 Å². The topological polar surface area (TPSA) is 137 Å². The maximum atomic E-state index is 13.5. The zero-order chi connectivity index (χ0) is 34.7. The summed E-state index contributed by atoms with van der Waals surface area (Å²) in [5.41, 5.74) is 1.16. The fraction of sp³-hybridized carbons (Fsp3) is 0.457. The number of nitrogens with one attached hydrogen (secondary N) is 2. The summed E-state index contributed by atoms with van der Waals surface area (Å²) in [5.74, 6) is -3.64. The Morgan fingerprint density at radius 3 is 2.38 bits per heavy atom. The van der Waals surface area contributed by atoms with E-state index in [1.807, 2.05) is 13.8 Å². The zero-order valence-corrected chi connectivity index (χ0v) is 29.5. The molecule has 2 N–H and O–H groups in total. The molecule has 0 aliphatic carbocycles. The summed E-state index contributed by atoms with van der Waals surface area (Å²) < 4.78 is 16.8. The predicted octanol–water partition coefficient (Wildman–Crippen LogP) is 5.24. The lowest BCUT2D eigenvalue weighted by atomic mass is 9.92. The maximum absolute atomic E-state index is 13.5. The predicted molar refractivity (Wildman–Crippen MR) is 181 cm³/mol.